The smallest absolute Gasteiger partial charge is 0.290 e. The Morgan fingerprint density at radius 2 is 2.00 bits per heavy atom. The molecule has 2 heterocycles. The second-order valence-corrected chi connectivity index (χ2v) is 8.21. The van der Waals surface area contributed by atoms with Gasteiger partial charge in [-0.2, -0.15) is 0 Å². The number of furan rings is 1. The highest BCUT2D eigenvalue weighted by Crippen LogP contribution is 2.40. The number of fused-ring (bicyclic) bond motifs is 1. The van der Waals surface area contributed by atoms with Crippen LogP contribution in [0.15, 0.2) is 68.8 Å². The molecule has 0 saturated carbocycles. The van der Waals surface area contributed by atoms with E-state index in [0.717, 1.165) is 9.86 Å². The Hall–Kier alpha value is -3.06. The molecule has 1 atom stereocenters. The van der Waals surface area contributed by atoms with Crippen molar-refractivity contribution in [2.24, 2.45) is 0 Å². The van der Waals surface area contributed by atoms with E-state index in [1.807, 2.05) is 44.2 Å². The van der Waals surface area contributed by atoms with Crippen LogP contribution in [0.4, 0.5) is 0 Å². The minimum Gasteiger partial charge on any atom is -0.503 e. The number of nitrogens with zero attached hydrogens (tertiary/aromatic N) is 1. The molecule has 0 spiro atoms. The first-order chi connectivity index (χ1) is 14.9. The van der Waals surface area contributed by atoms with E-state index in [2.05, 4.69) is 15.9 Å². The second-order valence-electron chi connectivity index (χ2n) is 7.29. The Morgan fingerprint density at radius 1 is 1.19 bits per heavy atom. The normalized spacial score (nSPS) is 16.4. The standard InChI is InChI=1S/C24H22BrNO5/c1-3-10-26-21(14-6-5-7-17(12-14)30-4-2)20(23(28)24(26)29)22(27)19-13-15-11-16(25)8-9-18(15)31-19/h5-9,11-13,21,28H,3-4,10H2,1-2H3. The van der Waals surface area contributed by atoms with Crippen LogP contribution in [-0.4, -0.2) is 34.8 Å². The van der Waals surface area contributed by atoms with Gasteiger partial charge in [0.15, 0.2) is 11.5 Å². The highest BCUT2D eigenvalue weighted by molar-refractivity contribution is 9.10. The Bertz CT molecular complexity index is 1200. The molecular formula is C24H22BrNO5. The van der Waals surface area contributed by atoms with Gasteiger partial charge in [-0.05, 0) is 55.3 Å². The zero-order valence-electron chi connectivity index (χ0n) is 17.2. The number of benzene rings is 2. The zero-order valence-corrected chi connectivity index (χ0v) is 18.8. The van der Waals surface area contributed by atoms with Crippen molar-refractivity contribution in [3.8, 4) is 5.75 Å². The van der Waals surface area contributed by atoms with E-state index >= 15 is 0 Å². The molecule has 1 aromatic heterocycles. The monoisotopic (exact) mass is 483 g/mol. The molecule has 0 bridgehead atoms. The van der Waals surface area contributed by atoms with Crippen molar-refractivity contribution in [2.45, 2.75) is 26.3 Å². The number of aliphatic hydroxyl groups is 1. The quantitative estimate of drug-likeness (QED) is 0.443. The van der Waals surface area contributed by atoms with Crippen LogP contribution in [-0.2, 0) is 4.79 Å². The van der Waals surface area contributed by atoms with E-state index in [-0.39, 0.29) is 11.3 Å². The predicted molar refractivity (Wildman–Crippen MR) is 120 cm³/mol. The van der Waals surface area contributed by atoms with Gasteiger partial charge in [0.1, 0.15) is 11.3 Å². The van der Waals surface area contributed by atoms with Crippen LogP contribution in [0, 0.1) is 0 Å². The van der Waals surface area contributed by atoms with Crippen LogP contribution in [0.1, 0.15) is 42.4 Å². The van der Waals surface area contributed by atoms with Crippen molar-refractivity contribution >= 4 is 38.6 Å². The first kappa shape index (κ1) is 21.2. The van der Waals surface area contributed by atoms with Gasteiger partial charge in [0.05, 0.1) is 18.2 Å². The Balaban J connectivity index is 1.81. The summed E-state index contributed by atoms with van der Waals surface area (Å²) in [6, 6.07) is 13.6. The molecule has 1 N–H and O–H groups in total. The van der Waals surface area contributed by atoms with Crippen molar-refractivity contribution < 1.29 is 23.8 Å². The van der Waals surface area contributed by atoms with Crippen LogP contribution < -0.4 is 4.74 Å². The lowest BCUT2D eigenvalue weighted by molar-refractivity contribution is -0.129. The number of carbonyl (C=O) groups excluding carboxylic acids is 2. The van der Waals surface area contributed by atoms with Crippen molar-refractivity contribution in [3.63, 3.8) is 0 Å². The number of ether oxygens (including phenoxy) is 1. The Morgan fingerprint density at radius 3 is 2.74 bits per heavy atom. The number of aliphatic hydroxyl groups excluding tert-OH is 1. The summed E-state index contributed by atoms with van der Waals surface area (Å²) in [6.45, 7) is 4.72. The van der Waals surface area contributed by atoms with Gasteiger partial charge in [0.2, 0.25) is 5.78 Å². The maximum absolute atomic E-state index is 13.5. The number of ketones is 1. The fraction of sp³-hybridized carbons (Fsp3) is 0.250. The van der Waals surface area contributed by atoms with E-state index in [1.54, 1.807) is 18.2 Å². The number of amides is 1. The van der Waals surface area contributed by atoms with Crippen molar-refractivity contribution in [3.05, 3.63) is 75.7 Å². The molecule has 7 heteroatoms. The molecule has 1 aliphatic rings. The maximum atomic E-state index is 13.5. The molecule has 31 heavy (non-hydrogen) atoms. The maximum Gasteiger partial charge on any atom is 0.290 e. The first-order valence-electron chi connectivity index (χ1n) is 10.1. The summed E-state index contributed by atoms with van der Waals surface area (Å²) in [4.78, 5) is 27.8. The van der Waals surface area contributed by atoms with Gasteiger partial charge >= 0.3 is 0 Å². The van der Waals surface area contributed by atoms with Crippen LogP contribution in [0.5, 0.6) is 5.75 Å². The summed E-state index contributed by atoms with van der Waals surface area (Å²) >= 11 is 3.41. The SMILES string of the molecule is CCCN1C(=O)C(O)=C(C(=O)c2cc3cc(Br)ccc3o2)C1c1cccc(OCC)c1. The number of Topliss-reactive ketones (excluding diaryl/α,β-unsaturated/α-hetero) is 1. The van der Waals surface area contributed by atoms with Gasteiger partial charge < -0.3 is 19.2 Å². The number of hydrogen-bond acceptors (Lipinski definition) is 5. The van der Waals surface area contributed by atoms with Gasteiger partial charge in [0.25, 0.3) is 5.91 Å². The third-order valence-corrected chi connectivity index (χ3v) is 5.69. The lowest BCUT2D eigenvalue weighted by atomic mass is 9.94. The largest absolute Gasteiger partial charge is 0.503 e. The number of halogens is 1. The highest BCUT2D eigenvalue weighted by Gasteiger charge is 2.44. The van der Waals surface area contributed by atoms with Crippen molar-refractivity contribution in [2.75, 3.05) is 13.2 Å². The van der Waals surface area contributed by atoms with Gasteiger partial charge in [0, 0.05) is 16.4 Å². The molecule has 6 nitrogen and oxygen atoms in total. The summed E-state index contributed by atoms with van der Waals surface area (Å²) in [5.74, 6) is -0.895. The Labute approximate surface area is 188 Å². The van der Waals surface area contributed by atoms with E-state index in [1.165, 1.54) is 4.90 Å². The van der Waals surface area contributed by atoms with Gasteiger partial charge in [-0.15, -0.1) is 0 Å². The average Bonchev–Trinajstić information content (AvgIpc) is 3.28. The lowest BCUT2D eigenvalue weighted by Crippen LogP contribution is -2.31. The van der Waals surface area contributed by atoms with Gasteiger partial charge in [-0.3, -0.25) is 9.59 Å². The molecule has 1 aliphatic heterocycles. The fourth-order valence-electron chi connectivity index (χ4n) is 3.90. The van der Waals surface area contributed by atoms with E-state index < -0.39 is 23.5 Å². The van der Waals surface area contributed by atoms with Crippen LogP contribution in [0.25, 0.3) is 11.0 Å². The Kier molecular flexibility index (Phi) is 5.87. The number of rotatable bonds is 7. The summed E-state index contributed by atoms with van der Waals surface area (Å²) in [6.07, 6.45) is 0.681. The summed E-state index contributed by atoms with van der Waals surface area (Å²) < 4.78 is 12.2. The summed E-state index contributed by atoms with van der Waals surface area (Å²) in [7, 11) is 0. The molecular weight excluding hydrogens is 462 g/mol. The van der Waals surface area contributed by atoms with E-state index in [9.17, 15) is 14.7 Å². The number of carbonyl (C=O) groups is 2. The fourth-order valence-corrected chi connectivity index (χ4v) is 4.28. The van der Waals surface area contributed by atoms with E-state index in [4.69, 9.17) is 9.15 Å². The number of hydrogen-bond donors (Lipinski definition) is 1. The highest BCUT2D eigenvalue weighted by atomic mass is 79.9. The first-order valence-corrected chi connectivity index (χ1v) is 10.9. The molecule has 0 aliphatic carbocycles. The van der Waals surface area contributed by atoms with Crippen LogP contribution in [0.2, 0.25) is 0 Å². The van der Waals surface area contributed by atoms with Crippen LogP contribution in [0.3, 0.4) is 0 Å². The molecule has 4 rings (SSSR count). The molecule has 3 aromatic rings. The molecule has 0 radical (unpaired) electrons. The molecule has 1 amide bonds. The average molecular weight is 484 g/mol. The zero-order chi connectivity index (χ0) is 22.1. The predicted octanol–water partition coefficient (Wildman–Crippen LogP) is 5.58. The summed E-state index contributed by atoms with van der Waals surface area (Å²) in [5.41, 5.74) is 1.26. The third kappa shape index (κ3) is 3.85. The van der Waals surface area contributed by atoms with Crippen molar-refractivity contribution in [1.29, 1.82) is 0 Å². The van der Waals surface area contributed by atoms with Crippen molar-refractivity contribution in [1.82, 2.24) is 4.90 Å². The minimum absolute atomic E-state index is 0.0187. The lowest BCUT2D eigenvalue weighted by Gasteiger charge is -2.26. The molecule has 2 aromatic carbocycles. The van der Waals surface area contributed by atoms with Gasteiger partial charge in [-0.1, -0.05) is 35.0 Å². The topological polar surface area (TPSA) is 80.0 Å². The summed E-state index contributed by atoms with van der Waals surface area (Å²) in [5, 5.41) is 11.4. The molecule has 0 saturated heterocycles. The van der Waals surface area contributed by atoms with Crippen LogP contribution >= 0.6 is 15.9 Å². The van der Waals surface area contributed by atoms with E-state index in [0.29, 0.717) is 36.5 Å². The molecule has 0 fully saturated rings. The molecule has 160 valence electrons. The third-order valence-electron chi connectivity index (χ3n) is 5.20. The van der Waals surface area contributed by atoms with Gasteiger partial charge in [-0.25, -0.2) is 0 Å². The second kappa shape index (κ2) is 8.59. The molecule has 1 unspecified atom stereocenters. The minimum atomic E-state index is -0.722.